The van der Waals surface area contributed by atoms with Gasteiger partial charge in [0.25, 0.3) is 11.8 Å². The fourth-order valence-electron chi connectivity index (χ4n) is 10.6. The molecule has 1 saturated heterocycles. The number of esters is 2. The van der Waals surface area contributed by atoms with Crippen molar-refractivity contribution in [3.8, 4) is 22.5 Å². The maximum atomic E-state index is 16.9. The summed E-state index contributed by atoms with van der Waals surface area (Å²) in [4.78, 5) is 80.9. The second kappa shape index (κ2) is 22.0. The Hall–Kier alpha value is -5.33. The van der Waals surface area contributed by atoms with E-state index in [1.165, 1.54) is 23.4 Å². The first kappa shape index (κ1) is 54.4. The van der Waals surface area contributed by atoms with Gasteiger partial charge in [0, 0.05) is 79.1 Å². The van der Waals surface area contributed by atoms with E-state index in [2.05, 4.69) is 15.3 Å². The number of aromatic nitrogens is 3. The number of hydrogen-bond acceptors (Lipinski definition) is 12. The van der Waals surface area contributed by atoms with Crippen LogP contribution in [0.1, 0.15) is 136 Å². The Morgan fingerprint density at radius 1 is 1.08 bits per heavy atom. The maximum absolute atomic E-state index is 16.9. The monoisotopic (exact) mass is 1020 g/mol. The maximum Gasteiger partial charge on any atom is 0.324 e. The third kappa shape index (κ3) is 12.0. The number of carbonyl (C=O) groups excluding carboxylic acids is 5. The number of alkyl halides is 1. The van der Waals surface area contributed by atoms with Gasteiger partial charge in [0.15, 0.2) is 5.67 Å². The number of hydrogen-bond donors (Lipinski definition) is 2. The number of thiazole rings is 1. The van der Waals surface area contributed by atoms with E-state index in [1.807, 2.05) is 39.8 Å². The van der Waals surface area contributed by atoms with E-state index in [-0.39, 0.29) is 62.4 Å². The summed E-state index contributed by atoms with van der Waals surface area (Å²) in [6.07, 6.45) is 3.83. The van der Waals surface area contributed by atoms with E-state index in [9.17, 15) is 24.0 Å². The molecule has 3 aromatic heterocycles. The Morgan fingerprint density at radius 2 is 1.83 bits per heavy atom. The van der Waals surface area contributed by atoms with Crippen molar-refractivity contribution in [1.29, 1.82) is 0 Å². The van der Waals surface area contributed by atoms with Crippen LogP contribution in [0.4, 0.5) is 8.78 Å². The highest BCUT2D eigenvalue weighted by molar-refractivity contribution is 7.10. The third-order valence-electron chi connectivity index (χ3n) is 14.2. The number of carbonyl (C=O) groups is 5. The number of methoxy groups -OCH3 is 1. The molecule has 1 aromatic carbocycles. The summed E-state index contributed by atoms with van der Waals surface area (Å²) in [6, 6.07) is 3.88. The highest BCUT2D eigenvalue weighted by Gasteiger charge is 2.46. The summed E-state index contributed by atoms with van der Waals surface area (Å²) in [6.45, 7) is 17.4. The average Bonchev–Trinajstić information content (AvgIpc) is 3.84. The molecule has 1 aliphatic carbocycles. The minimum Gasteiger partial charge on any atom is -0.464 e. The van der Waals surface area contributed by atoms with Gasteiger partial charge < -0.3 is 29.0 Å². The molecule has 392 valence electrons. The SMILES string of the molecule is CCc1c(-c2cccnc2[C@H](C)OC)n2c3cc(c(F)cc13)-c1csc(n1)C[C@H](NC(=O)[C@H](C(C)C)N(C)C(=O)C1(F)CCCC(CC(=O)OC(C)(C)C)CC1)C(=O)N1CCC[C@H](N1)C(=O)OCC(C)(C)C2. The Morgan fingerprint density at radius 3 is 2.53 bits per heavy atom. The first-order chi connectivity index (χ1) is 33.9. The number of amides is 3. The van der Waals surface area contributed by atoms with E-state index >= 15 is 8.78 Å². The second-order valence-corrected chi connectivity index (χ2v) is 23.0. The number of cyclic esters (lactones) is 1. The molecule has 5 heterocycles. The zero-order chi connectivity index (χ0) is 52.4. The highest BCUT2D eigenvalue weighted by atomic mass is 32.1. The van der Waals surface area contributed by atoms with Crippen molar-refractivity contribution in [3.63, 3.8) is 0 Å². The molecular weight excluding hydrogens is 945 g/mol. The van der Waals surface area contributed by atoms with Crippen LogP contribution in [0.3, 0.4) is 0 Å². The van der Waals surface area contributed by atoms with Crippen LogP contribution in [0.5, 0.6) is 0 Å². The van der Waals surface area contributed by atoms with Crippen LogP contribution < -0.4 is 10.7 Å². The summed E-state index contributed by atoms with van der Waals surface area (Å²) in [5.74, 6) is -4.14. The zero-order valence-corrected chi connectivity index (χ0v) is 44.6. The Bertz CT molecular complexity index is 2660. The number of halogens is 2. The molecule has 0 spiro atoms. The average molecular weight is 1020 g/mol. The number of rotatable bonds is 11. The van der Waals surface area contributed by atoms with Gasteiger partial charge in [-0.3, -0.25) is 34.0 Å². The van der Waals surface area contributed by atoms with Crippen LogP contribution in [0, 0.1) is 23.1 Å². The molecule has 2 unspecified atom stereocenters. The van der Waals surface area contributed by atoms with Crippen molar-refractivity contribution in [1.82, 2.24) is 35.2 Å². The van der Waals surface area contributed by atoms with Gasteiger partial charge in [-0.15, -0.1) is 11.3 Å². The fraction of sp³-hybridized carbons (Fsp3) is 0.611. The standard InChI is InChI=1S/C54H73F2N7O8S/c1-12-34-36-25-38(55)37-26-42(36)62(47(34)35-17-14-22-57-45(35)32(4)69-11)29-53(8,9)30-70-50(67)39-18-15-23-63(60-39)49(66)40(27-43-58-41(37)28-72-43)59-48(65)46(31(2)3)61(10)51(68)54(56)20-13-16-33(19-21-54)24-44(64)71-52(5,6)7/h14,17,22,25-26,28,31-33,39-40,46,60H,12-13,15-16,18-21,23-24,27,29-30H2,1-11H3,(H,59,65)/t32-,33?,39-,40-,46-,54?/m0/s1. The predicted octanol–water partition coefficient (Wildman–Crippen LogP) is 8.85. The largest absolute Gasteiger partial charge is 0.464 e. The molecule has 15 nitrogen and oxygen atoms in total. The number of aryl methyl sites for hydroxylation is 1. The Labute approximate surface area is 426 Å². The molecule has 18 heteroatoms. The van der Waals surface area contributed by atoms with Crippen molar-refractivity contribution >= 4 is 51.9 Å². The first-order valence-electron chi connectivity index (χ1n) is 25.4. The molecule has 3 aliphatic rings. The van der Waals surface area contributed by atoms with E-state index in [0.717, 1.165) is 38.3 Å². The van der Waals surface area contributed by atoms with E-state index in [1.54, 1.807) is 65.4 Å². The molecule has 0 radical (unpaired) electrons. The van der Waals surface area contributed by atoms with Gasteiger partial charge in [0.2, 0.25) is 5.91 Å². The lowest BCUT2D eigenvalue weighted by Crippen LogP contribution is -2.62. The second-order valence-electron chi connectivity index (χ2n) is 22.1. The molecule has 1 saturated carbocycles. The number of nitrogens with zero attached hydrogens (tertiary/aromatic N) is 5. The lowest BCUT2D eigenvalue weighted by Gasteiger charge is -2.37. The van der Waals surface area contributed by atoms with E-state index in [4.69, 9.17) is 24.2 Å². The molecule has 2 N–H and O–H groups in total. The molecular formula is C54H73F2N7O8S. The Kier molecular flexibility index (Phi) is 16.7. The molecule has 6 atom stereocenters. The summed E-state index contributed by atoms with van der Waals surface area (Å²) in [5, 5.41) is 7.09. The van der Waals surface area contributed by atoms with Crippen molar-refractivity contribution in [2.75, 3.05) is 27.3 Å². The summed E-state index contributed by atoms with van der Waals surface area (Å²) in [7, 11) is 3.04. The van der Waals surface area contributed by atoms with Crippen LogP contribution in [0.2, 0.25) is 0 Å². The molecule has 72 heavy (non-hydrogen) atoms. The lowest BCUT2D eigenvalue weighted by atomic mass is 9.91. The quantitative estimate of drug-likeness (QED) is 0.109. The minimum absolute atomic E-state index is 0.0186. The number of likely N-dealkylation sites (N-methyl/N-ethyl adjacent to an activating group) is 1. The van der Waals surface area contributed by atoms with Gasteiger partial charge in [-0.05, 0) is 121 Å². The molecule has 4 aromatic rings. The van der Waals surface area contributed by atoms with Crippen molar-refractivity contribution < 1.29 is 47.0 Å². The van der Waals surface area contributed by atoms with Crippen molar-refractivity contribution in [2.45, 2.75) is 169 Å². The normalized spacial score (nSPS) is 22.9. The van der Waals surface area contributed by atoms with Crippen LogP contribution in [-0.4, -0.2) is 111 Å². The lowest BCUT2D eigenvalue weighted by molar-refractivity contribution is -0.157. The molecule has 6 bridgehead atoms. The minimum atomic E-state index is -2.28. The molecule has 2 aliphatic heterocycles. The van der Waals surface area contributed by atoms with Crippen LogP contribution in [0.25, 0.3) is 33.4 Å². The number of pyridine rings is 1. The smallest absolute Gasteiger partial charge is 0.324 e. The number of benzene rings is 1. The van der Waals surface area contributed by atoms with E-state index < -0.39 is 70.2 Å². The van der Waals surface area contributed by atoms with Gasteiger partial charge in [-0.1, -0.05) is 34.6 Å². The highest BCUT2D eigenvalue weighted by Crippen LogP contribution is 2.42. The van der Waals surface area contributed by atoms with Gasteiger partial charge in [0.1, 0.15) is 29.5 Å². The van der Waals surface area contributed by atoms with Crippen LogP contribution >= 0.6 is 11.3 Å². The summed E-state index contributed by atoms with van der Waals surface area (Å²) in [5.41, 5.74) is 4.15. The number of ether oxygens (including phenoxy) is 3. The topological polar surface area (TPSA) is 174 Å². The predicted molar refractivity (Wildman–Crippen MR) is 272 cm³/mol. The number of hydrazine groups is 1. The number of fused-ring (bicyclic) bond motifs is 6. The molecule has 7 rings (SSSR count). The summed E-state index contributed by atoms with van der Waals surface area (Å²) >= 11 is 1.21. The molecule has 2 fully saturated rings. The van der Waals surface area contributed by atoms with Gasteiger partial charge in [-0.25, -0.2) is 19.2 Å². The van der Waals surface area contributed by atoms with Gasteiger partial charge >= 0.3 is 11.9 Å². The number of nitrogens with one attached hydrogen (secondary N) is 2. The van der Waals surface area contributed by atoms with Crippen LogP contribution in [0.15, 0.2) is 35.8 Å². The Balaban J connectivity index is 1.23. The first-order valence-corrected chi connectivity index (χ1v) is 26.3. The molecule has 3 amide bonds. The van der Waals surface area contributed by atoms with E-state index in [0.29, 0.717) is 55.8 Å². The zero-order valence-electron chi connectivity index (χ0n) is 43.8. The summed E-state index contributed by atoms with van der Waals surface area (Å²) < 4.78 is 53.2. The fourth-order valence-corrected chi connectivity index (χ4v) is 11.4. The van der Waals surface area contributed by atoms with Crippen molar-refractivity contribution in [2.24, 2.45) is 17.3 Å². The van der Waals surface area contributed by atoms with Gasteiger partial charge in [-0.2, -0.15) is 0 Å². The van der Waals surface area contributed by atoms with Gasteiger partial charge in [0.05, 0.1) is 34.8 Å². The van der Waals surface area contributed by atoms with Crippen molar-refractivity contribution in [3.05, 3.63) is 57.9 Å². The third-order valence-corrected chi connectivity index (χ3v) is 15.1. The van der Waals surface area contributed by atoms with Crippen LogP contribution in [-0.2, 0) is 57.6 Å².